The molecule has 0 saturated carbocycles. The zero-order valence-corrected chi connectivity index (χ0v) is 10.1. The zero-order valence-electron chi connectivity index (χ0n) is 9.30. The van der Waals surface area contributed by atoms with Gasteiger partial charge in [0.05, 0.1) is 0 Å². The van der Waals surface area contributed by atoms with E-state index in [0.29, 0.717) is 11.0 Å². The second-order valence-electron chi connectivity index (χ2n) is 3.44. The lowest BCUT2D eigenvalue weighted by atomic mass is 10.3. The van der Waals surface area contributed by atoms with Gasteiger partial charge in [-0.3, -0.25) is 0 Å². The first kappa shape index (κ1) is 11.7. The van der Waals surface area contributed by atoms with Gasteiger partial charge in [-0.2, -0.15) is 0 Å². The lowest BCUT2D eigenvalue weighted by Gasteiger charge is -2.16. The Balaban J connectivity index is 1.96. The SMILES string of the molecule is CC(Nc1cc(Cl)ncn1)Oc1ccccc1. The molecule has 0 aliphatic heterocycles. The van der Waals surface area contributed by atoms with Gasteiger partial charge in [-0.05, 0) is 19.1 Å². The van der Waals surface area contributed by atoms with Crippen molar-refractivity contribution < 1.29 is 4.74 Å². The van der Waals surface area contributed by atoms with Crippen molar-refractivity contribution in [1.29, 1.82) is 0 Å². The highest BCUT2D eigenvalue weighted by Crippen LogP contribution is 2.13. The highest BCUT2D eigenvalue weighted by atomic mass is 35.5. The standard InChI is InChI=1S/C12H12ClN3O/c1-9(17-10-5-3-2-4-6-10)16-12-7-11(13)14-8-15-12/h2-9H,1H3,(H,14,15,16). The highest BCUT2D eigenvalue weighted by molar-refractivity contribution is 6.29. The number of hydrogen-bond donors (Lipinski definition) is 1. The van der Waals surface area contributed by atoms with Crippen LogP contribution in [0.4, 0.5) is 5.82 Å². The van der Waals surface area contributed by atoms with E-state index in [1.807, 2.05) is 37.3 Å². The minimum Gasteiger partial charge on any atom is -0.471 e. The van der Waals surface area contributed by atoms with Crippen molar-refractivity contribution in [2.45, 2.75) is 13.2 Å². The van der Waals surface area contributed by atoms with Crippen LogP contribution in [0.15, 0.2) is 42.7 Å². The van der Waals surface area contributed by atoms with E-state index in [9.17, 15) is 0 Å². The van der Waals surface area contributed by atoms with E-state index in [1.165, 1.54) is 6.33 Å². The van der Waals surface area contributed by atoms with Gasteiger partial charge < -0.3 is 10.1 Å². The Labute approximate surface area is 105 Å². The second kappa shape index (κ2) is 5.50. The third kappa shape index (κ3) is 3.60. The third-order valence-corrected chi connectivity index (χ3v) is 2.25. The highest BCUT2D eigenvalue weighted by Gasteiger charge is 2.04. The predicted octanol–water partition coefficient (Wildman–Crippen LogP) is 2.97. The molecule has 0 aliphatic rings. The van der Waals surface area contributed by atoms with Gasteiger partial charge in [0.15, 0.2) is 6.23 Å². The molecular formula is C12H12ClN3O. The molecule has 0 fully saturated rings. The molecule has 1 aromatic heterocycles. The quantitative estimate of drug-likeness (QED) is 0.669. The maximum absolute atomic E-state index is 5.76. The number of anilines is 1. The molecule has 17 heavy (non-hydrogen) atoms. The van der Waals surface area contributed by atoms with Crippen molar-refractivity contribution in [3.63, 3.8) is 0 Å². The Morgan fingerprint density at radius 1 is 1.24 bits per heavy atom. The van der Waals surface area contributed by atoms with E-state index < -0.39 is 0 Å². The minimum absolute atomic E-state index is 0.205. The number of benzene rings is 1. The number of rotatable bonds is 4. The summed E-state index contributed by atoms with van der Waals surface area (Å²) in [4.78, 5) is 7.84. The summed E-state index contributed by atoms with van der Waals surface area (Å²) in [6, 6.07) is 11.2. The Bertz CT molecular complexity index is 478. The molecule has 88 valence electrons. The normalized spacial score (nSPS) is 11.9. The molecule has 1 atom stereocenters. The van der Waals surface area contributed by atoms with Crippen LogP contribution in [0.2, 0.25) is 5.15 Å². The molecule has 0 radical (unpaired) electrons. The summed E-state index contributed by atoms with van der Waals surface area (Å²) >= 11 is 5.76. The first-order valence-electron chi connectivity index (χ1n) is 5.20. The van der Waals surface area contributed by atoms with Gasteiger partial charge >= 0.3 is 0 Å². The van der Waals surface area contributed by atoms with Crippen LogP contribution in [-0.2, 0) is 0 Å². The number of nitrogens with zero attached hydrogens (tertiary/aromatic N) is 2. The zero-order chi connectivity index (χ0) is 12.1. The second-order valence-corrected chi connectivity index (χ2v) is 3.83. The number of ether oxygens (including phenoxy) is 1. The van der Waals surface area contributed by atoms with Crippen molar-refractivity contribution in [3.05, 3.63) is 47.9 Å². The summed E-state index contributed by atoms with van der Waals surface area (Å²) in [6.07, 6.45) is 1.20. The number of halogens is 1. The molecule has 0 spiro atoms. The van der Waals surface area contributed by atoms with Gasteiger partial charge in [-0.15, -0.1) is 0 Å². The van der Waals surface area contributed by atoms with Crippen LogP contribution in [-0.4, -0.2) is 16.2 Å². The molecule has 2 aromatic rings. The first-order valence-corrected chi connectivity index (χ1v) is 5.57. The van der Waals surface area contributed by atoms with Crippen LogP contribution in [0, 0.1) is 0 Å². The van der Waals surface area contributed by atoms with Gasteiger partial charge in [0.25, 0.3) is 0 Å². The molecule has 1 heterocycles. The smallest absolute Gasteiger partial charge is 0.168 e. The maximum Gasteiger partial charge on any atom is 0.168 e. The Morgan fingerprint density at radius 3 is 2.71 bits per heavy atom. The number of nitrogens with one attached hydrogen (secondary N) is 1. The summed E-state index contributed by atoms with van der Waals surface area (Å²) in [7, 11) is 0. The fourth-order valence-corrected chi connectivity index (χ4v) is 1.50. The van der Waals surface area contributed by atoms with Gasteiger partial charge in [0.1, 0.15) is 23.0 Å². The lowest BCUT2D eigenvalue weighted by Crippen LogP contribution is -2.22. The molecule has 0 aliphatic carbocycles. The molecule has 0 amide bonds. The first-order chi connectivity index (χ1) is 8.24. The van der Waals surface area contributed by atoms with Crippen LogP contribution < -0.4 is 10.1 Å². The van der Waals surface area contributed by atoms with Gasteiger partial charge in [-0.1, -0.05) is 29.8 Å². The Hall–Kier alpha value is -1.81. The maximum atomic E-state index is 5.76. The monoisotopic (exact) mass is 249 g/mol. The van der Waals surface area contributed by atoms with Crippen LogP contribution >= 0.6 is 11.6 Å². The molecule has 2 rings (SSSR count). The molecule has 1 aromatic carbocycles. The average molecular weight is 250 g/mol. The van der Waals surface area contributed by atoms with Crippen LogP contribution in [0.25, 0.3) is 0 Å². The largest absolute Gasteiger partial charge is 0.471 e. The predicted molar refractivity (Wildman–Crippen MR) is 67.2 cm³/mol. The fraction of sp³-hybridized carbons (Fsp3) is 0.167. The Kier molecular flexibility index (Phi) is 3.77. The minimum atomic E-state index is -0.205. The molecule has 0 bridgehead atoms. The number of hydrogen-bond acceptors (Lipinski definition) is 4. The van der Waals surface area contributed by atoms with Gasteiger partial charge in [0.2, 0.25) is 0 Å². The van der Waals surface area contributed by atoms with Crippen molar-refractivity contribution in [1.82, 2.24) is 9.97 Å². The summed E-state index contributed by atoms with van der Waals surface area (Å²) < 4.78 is 5.64. The van der Waals surface area contributed by atoms with Crippen LogP contribution in [0.3, 0.4) is 0 Å². The van der Waals surface area contributed by atoms with Crippen molar-refractivity contribution >= 4 is 17.4 Å². The number of para-hydroxylation sites is 1. The van der Waals surface area contributed by atoms with E-state index >= 15 is 0 Å². The van der Waals surface area contributed by atoms with Crippen molar-refractivity contribution in [2.24, 2.45) is 0 Å². The van der Waals surface area contributed by atoms with Crippen molar-refractivity contribution in [2.75, 3.05) is 5.32 Å². The lowest BCUT2D eigenvalue weighted by molar-refractivity contribution is 0.250. The van der Waals surface area contributed by atoms with Gasteiger partial charge in [-0.25, -0.2) is 9.97 Å². The van der Waals surface area contributed by atoms with E-state index in [1.54, 1.807) is 6.07 Å². The molecule has 4 nitrogen and oxygen atoms in total. The molecule has 1 N–H and O–H groups in total. The molecule has 5 heteroatoms. The molecular weight excluding hydrogens is 238 g/mol. The van der Waals surface area contributed by atoms with Gasteiger partial charge in [0, 0.05) is 6.07 Å². The van der Waals surface area contributed by atoms with E-state index in [2.05, 4.69) is 15.3 Å². The molecule has 0 saturated heterocycles. The summed E-state index contributed by atoms with van der Waals surface area (Å²) in [5.41, 5.74) is 0. The summed E-state index contributed by atoms with van der Waals surface area (Å²) in [5, 5.41) is 3.47. The van der Waals surface area contributed by atoms with Crippen molar-refractivity contribution in [3.8, 4) is 5.75 Å². The third-order valence-electron chi connectivity index (χ3n) is 2.04. The van der Waals surface area contributed by atoms with E-state index in [-0.39, 0.29) is 6.23 Å². The van der Waals surface area contributed by atoms with E-state index in [4.69, 9.17) is 16.3 Å². The average Bonchev–Trinajstić information content (AvgIpc) is 2.30. The Morgan fingerprint density at radius 2 is 2.00 bits per heavy atom. The van der Waals surface area contributed by atoms with Crippen LogP contribution in [0.5, 0.6) is 5.75 Å². The molecule has 1 unspecified atom stereocenters. The number of aromatic nitrogens is 2. The summed E-state index contributed by atoms with van der Waals surface area (Å²) in [5.74, 6) is 1.43. The fourth-order valence-electron chi connectivity index (χ4n) is 1.35. The topological polar surface area (TPSA) is 47.0 Å². The summed E-state index contributed by atoms with van der Waals surface area (Å²) in [6.45, 7) is 1.89. The van der Waals surface area contributed by atoms with Crippen LogP contribution in [0.1, 0.15) is 6.92 Å². The van der Waals surface area contributed by atoms with E-state index in [0.717, 1.165) is 5.75 Å².